The van der Waals surface area contributed by atoms with Crippen molar-refractivity contribution in [2.45, 2.75) is 18.5 Å². The molecule has 3 aliphatic rings. The molecule has 2 fully saturated rings. The molecule has 0 radical (unpaired) electrons. The van der Waals surface area contributed by atoms with E-state index >= 15 is 0 Å². The Kier molecular flexibility index (Phi) is 5.07. The van der Waals surface area contributed by atoms with Crippen LogP contribution in [-0.4, -0.2) is 72.6 Å². The Bertz CT molecular complexity index is 1020. The Hall–Kier alpha value is -3.39. The molecule has 31 heavy (non-hydrogen) atoms. The molecule has 2 N–H and O–H groups in total. The highest BCUT2D eigenvalue weighted by Crippen LogP contribution is 2.32. The van der Waals surface area contributed by atoms with Gasteiger partial charge in [-0.25, -0.2) is 4.79 Å². The molecule has 0 bridgehead atoms. The fourth-order valence-electron chi connectivity index (χ4n) is 4.51. The standard InChI is InChI=1S/C23H24N4O4/c28-21-20-19(25-23(30)26-10-12-31-13-11-26)8-9-27(20)22(29)17-14-16(6-7-18(17)24-21)15-4-2-1-3-5-15/h1-7,14,19-20H,8-13H2,(H,24,28)(H,25,30). The van der Waals surface area contributed by atoms with Gasteiger partial charge in [-0.1, -0.05) is 36.4 Å². The number of benzene rings is 2. The lowest BCUT2D eigenvalue weighted by atomic mass is 10.0. The first-order valence-electron chi connectivity index (χ1n) is 10.6. The van der Waals surface area contributed by atoms with E-state index < -0.39 is 12.1 Å². The third kappa shape index (κ3) is 3.63. The average Bonchev–Trinajstić information content (AvgIpc) is 3.19. The molecule has 5 rings (SSSR count). The van der Waals surface area contributed by atoms with Crippen molar-refractivity contribution in [1.82, 2.24) is 15.1 Å². The van der Waals surface area contributed by atoms with Crippen molar-refractivity contribution in [2.75, 3.05) is 38.2 Å². The average molecular weight is 420 g/mol. The van der Waals surface area contributed by atoms with Crippen molar-refractivity contribution in [3.8, 4) is 11.1 Å². The third-order valence-electron chi connectivity index (χ3n) is 6.15. The number of hydrogen-bond acceptors (Lipinski definition) is 4. The van der Waals surface area contributed by atoms with Gasteiger partial charge in [-0.2, -0.15) is 0 Å². The molecule has 3 heterocycles. The van der Waals surface area contributed by atoms with E-state index in [4.69, 9.17) is 4.74 Å². The van der Waals surface area contributed by atoms with Crippen LogP contribution in [0.2, 0.25) is 0 Å². The summed E-state index contributed by atoms with van der Waals surface area (Å²) in [5, 5.41) is 5.87. The highest BCUT2D eigenvalue weighted by Gasteiger charge is 2.45. The maximum Gasteiger partial charge on any atom is 0.317 e. The van der Waals surface area contributed by atoms with Crippen LogP contribution in [0, 0.1) is 0 Å². The van der Waals surface area contributed by atoms with E-state index in [0.29, 0.717) is 50.5 Å². The number of fused-ring (bicyclic) bond motifs is 2. The monoisotopic (exact) mass is 420 g/mol. The van der Waals surface area contributed by atoms with Gasteiger partial charge in [0.15, 0.2) is 0 Å². The summed E-state index contributed by atoms with van der Waals surface area (Å²) in [4.78, 5) is 42.3. The predicted octanol–water partition coefficient (Wildman–Crippen LogP) is 1.93. The maximum absolute atomic E-state index is 13.4. The second-order valence-corrected chi connectivity index (χ2v) is 8.00. The summed E-state index contributed by atoms with van der Waals surface area (Å²) in [7, 11) is 0. The van der Waals surface area contributed by atoms with Gasteiger partial charge in [0.25, 0.3) is 5.91 Å². The molecular formula is C23H24N4O4. The van der Waals surface area contributed by atoms with Crippen molar-refractivity contribution < 1.29 is 19.1 Å². The van der Waals surface area contributed by atoms with Crippen LogP contribution in [-0.2, 0) is 9.53 Å². The Morgan fingerprint density at radius 3 is 2.55 bits per heavy atom. The third-order valence-corrected chi connectivity index (χ3v) is 6.15. The Morgan fingerprint density at radius 2 is 1.77 bits per heavy atom. The molecule has 8 heteroatoms. The van der Waals surface area contributed by atoms with E-state index in [1.54, 1.807) is 15.9 Å². The Balaban J connectivity index is 1.39. The number of nitrogens with zero attached hydrogens (tertiary/aromatic N) is 2. The van der Waals surface area contributed by atoms with Gasteiger partial charge in [-0.05, 0) is 29.7 Å². The van der Waals surface area contributed by atoms with Gasteiger partial charge >= 0.3 is 6.03 Å². The molecule has 3 aliphatic heterocycles. The number of anilines is 1. The summed E-state index contributed by atoms with van der Waals surface area (Å²) in [5.74, 6) is -0.469. The van der Waals surface area contributed by atoms with Crippen LogP contribution in [0.4, 0.5) is 10.5 Å². The van der Waals surface area contributed by atoms with Gasteiger partial charge in [0.05, 0.1) is 30.5 Å². The summed E-state index contributed by atoms with van der Waals surface area (Å²) in [6.07, 6.45) is 0.535. The number of amides is 4. The summed E-state index contributed by atoms with van der Waals surface area (Å²) in [6, 6.07) is 13.9. The topological polar surface area (TPSA) is 91.0 Å². The van der Waals surface area contributed by atoms with Crippen LogP contribution in [0.15, 0.2) is 48.5 Å². The fourth-order valence-corrected chi connectivity index (χ4v) is 4.51. The van der Waals surface area contributed by atoms with E-state index in [-0.39, 0.29) is 17.8 Å². The van der Waals surface area contributed by atoms with Crippen molar-refractivity contribution >= 4 is 23.5 Å². The second-order valence-electron chi connectivity index (χ2n) is 8.00. The van der Waals surface area contributed by atoms with Gasteiger partial charge in [0, 0.05) is 19.6 Å². The van der Waals surface area contributed by atoms with E-state index in [9.17, 15) is 14.4 Å². The highest BCUT2D eigenvalue weighted by molar-refractivity contribution is 6.11. The molecule has 0 spiro atoms. The molecule has 160 valence electrons. The van der Waals surface area contributed by atoms with Crippen LogP contribution in [0.25, 0.3) is 11.1 Å². The molecule has 2 aromatic carbocycles. The number of morpholine rings is 1. The normalized spacial score (nSPS) is 23.0. The minimum absolute atomic E-state index is 0.195. The number of carbonyl (C=O) groups is 3. The smallest absolute Gasteiger partial charge is 0.317 e. The van der Waals surface area contributed by atoms with Gasteiger partial charge in [-0.15, -0.1) is 0 Å². The van der Waals surface area contributed by atoms with Crippen molar-refractivity contribution in [3.63, 3.8) is 0 Å². The number of urea groups is 1. The van der Waals surface area contributed by atoms with E-state index in [1.807, 2.05) is 42.5 Å². The quantitative estimate of drug-likeness (QED) is 0.777. The van der Waals surface area contributed by atoms with E-state index in [0.717, 1.165) is 11.1 Å². The van der Waals surface area contributed by atoms with Crippen molar-refractivity contribution in [2.24, 2.45) is 0 Å². The number of nitrogens with one attached hydrogen (secondary N) is 2. The summed E-state index contributed by atoms with van der Waals surface area (Å²) >= 11 is 0. The molecule has 4 amide bonds. The zero-order chi connectivity index (χ0) is 21.4. The molecule has 2 atom stereocenters. The SMILES string of the molecule is O=C1Nc2ccc(-c3ccccc3)cc2C(=O)N2CCC(NC(=O)N3CCOCC3)C12. The minimum atomic E-state index is -0.731. The Morgan fingerprint density at radius 1 is 1.00 bits per heavy atom. The Labute approximate surface area is 180 Å². The van der Waals surface area contributed by atoms with Gasteiger partial charge in [0.1, 0.15) is 6.04 Å². The van der Waals surface area contributed by atoms with Crippen LogP contribution in [0.3, 0.4) is 0 Å². The molecule has 2 aromatic rings. The van der Waals surface area contributed by atoms with Crippen LogP contribution < -0.4 is 10.6 Å². The molecule has 2 saturated heterocycles. The largest absolute Gasteiger partial charge is 0.378 e. The first kappa shape index (κ1) is 19.6. The lowest BCUT2D eigenvalue weighted by Gasteiger charge is -2.30. The molecule has 2 unspecified atom stereocenters. The number of ether oxygens (including phenoxy) is 1. The molecule has 8 nitrogen and oxygen atoms in total. The van der Waals surface area contributed by atoms with Gasteiger partial charge in [-0.3, -0.25) is 9.59 Å². The minimum Gasteiger partial charge on any atom is -0.378 e. The second kappa shape index (κ2) is 8.03. The summed E-state index contributed by atoms with van der Waals surface area (Å²) < 4.78 is 5.29. The molecule has 0 aliphatic carbocycles. The molecule has 0 saturated carbocycles. The maximum atomic E-state index is 13.4. The first-order valence-corrected chi connectivity index (χ1v) is 10.6. The number of carbonyl (C=O) groups excluding carboxylic acids is 3. The number of hydrogen-bond donors (Lipinski definition) is 2. The predicted molar refractivity (Wildman–Crippen MR) is 115 cm³/mol. The van der Waals surface area contributed by atoms with Crippen LogP contribution in [0.1, 0.15) is 16.8 Å². The van der Waals surface area contributed by atoms with Gasteiger partial charge in [0.2, 0.25) is 5.91 Å². The molecule has 0 aromatic heterocycles. The highest BCUT2D eigenvalue weighted by atomic mass is 16.5. The first-order chi connectivity index (χ1) is 15.1. The fraction of sp³-hybridized carbons (Fsp3) is 0.348. The zero-order valence-electron chi connectivity index (χ0n) is 17.0. The van der Waals surface area contributed by atoms with Gasteiger partial charge < -0.3 is 25.2 Å². The molecular weight excluding hydrogens is 396 g/mol. The van der Waals surface area contributed by atoms with Crippen molar-refractivity contribution in [1.29, 1.82) is 0 Å². The van der Waals surface area contributed by atoms with E-state index in [2.05, 4.69) is 10.6 Å². The zero-order valence-corrected chi connectivity index (χ0v) is 17.0. The lowest BCUT2D eigenvalue weighted by molar-refractivity contribution is -0.120. The number of rotatable bonds is 2. The lowest BCUT2D eigenvalue weighted by Crippen LogP contribution is -2.55. The summed E-state index contributed by atoms with van der Waals surface area (Å²) in [5.41, 5.74) is 2.89. The summed E-state index contributed by atoms with van der Waals surface area (Å²) in [6.45, 7) is 2.47. The van der Waals surface area contributed by atoms with E-state index in [1.165, 1.54) is 0 Å². The van der Waals surface area contributed by atoms with Crippen molar-refractivity contribution in [3.05, 3.63) is 54.1 Å². The van der Waals surface area contributed by atoms with Crippen LogP contribution >= 0.6 is 0 Å². The van der Waals surface area contributed by atoms with Crippen LogP contribution in [0.5, 0.6) is 0 Å².